The topological polar surface area (TPSA) is 43.6 Å². The highest BCUT2D eigenvalue weighted by atomic mass is 35.5. The van der Waals surface area contributed by atoms with Crippen LogP contribution in [0.1, 0.15) is 22.4 Å². The number of aryl methyl sites for hydroxylation is 2. The molecule has 0 aliphatic heterocycles. The van der Waals surface area contributed by atoms with Crippen LogP contribution in [-0.4, -0.2) is 19.7 Å². The van der Waals surface area contributed by atoms with Crippen molar-refractivity contribution in [1.82, 2.24) is 19.7 Å². The van der Waals surface area contributed by atoms with Gasteiger partial charge in [0.15, 0.2) is 5.69 Å². The minimum absolute atomic E-state index is 0.119. The minimum atomic E-state index is -4.68. The van der Waals surface area contributed by atoms with E-state index in [4.69, 9.17) is 16.7 Å². The van der Waals surface area contributed by atoms with Crippen LogP contribution in [0, 0.1) is 20.8 Å². The molecule has 0 bridgehead atoms. The lowest BCUT2D eigenvalue weighted by Gasteiger charge is -2.13. The van der Waals surface area contributed by atoms with Crippen LogP contribution in [0.2, 0.25) is 5.02 Å². The molecule has 0 fully saturated rings. The first-order valence-corrected chi connectivity index (χ1v) is 11.9. The Hall–Kier alpha value is -3.97. The van der Waals surface area contributed by atoms with Crippen molar-refractivity contribution in [1.29, 1.82) is 0 Å². The molecule has 2 heterocycles. The summed E-state index contributed by atoms with van der Waals surface area (Å²) in [4.78, 5) is 8.45. The number of aromatic nitrogens is 4. The third kappa shape index (κ3) is 5.00. The highest BCUT2D eigenvalue weighted by molar-refractivity contribution is 6.30. The zero-order chi connectivity index (χ0) is 26.3. The molecule has 5 aromatic rings. The van der Waals surface area contributed by atoms with Gasteiger partial charge in [0.05, 0.1) is 17.1 Å². The maximum atomic E-state index is 14.0. The Balaban J connectivity index is 1.78. The van der Waals surface area contributed by atoms with Gasteiger partial charge in [-0.3, -0.25) is 0 Å². The van der Waals surface area contributed by atoms with E-state index in [9.17, 15) is 13.2 Å². The van der Waals surface area contributed by atoms with Crippen LogP contribution in [-0.2, 0) is 6.18 Å². The van der Waals surface area contributed by atoms with Crippen molar-refractivity contribution in [3.05, 3.63) is 106 Å². The van der Waals surface area contributed by atoms with E-state index in [1.165, 1.54) is 4.68 Å². The summed E-state index contributed by atoms with van der Waals surface area (Å²) >= 11 is 5.99. The van der Waals surface area contributed by atoms with Gasteiger partial charge in [-0.15, -0.1) is 0 Å². The minimum Gasteiger partial charge on any atom is -0.211 e. The van der Waals surface area contributed by atoms with E-state index in [1.54, 1.807) is 24.3 Å². The highest BCUT2D eigenvalue weighted by Crippen LogP contribution is 2.36. The largest absolute Gasteiger partial charge is 0.433 e. The van der Waals surface area contributed by atoms with Gasteiger partial charge in [-0.1, -0.05) is 83.4 Å². The van der Waals surface area contributed by atoms with Crippen LogP contribution in [0.15, 0.2) is 78.9 Å². The molecule has 2 aromatic heterocycles. The quantitative estimate of drug-likeness (QED) is 0.240. The molecule has 0 aliphatic rings. The second-order valence-electron chi connectivity index (χ2n) is 8.91. The van der Waals surface area contributed by atoms with Crippen LogP contribution in [0.25, 0.3) is 39.7 Å². The smallest absolute Gasteiger partial charge is 0.211 e. The van der Waals surface area contributed by atoms with Crippen molar-refractivity contribution in [2.45, 2.75) is 26.9 Å². The Morgan fingerprint density at radius 1 is 0.703 bits per heavy atom. The fourth-order valence-corrected chi connectivity index (χ4v) is 4.25. The zero-order valence-electron chi connectivity index (χ0n) is 20.3. The molecular weight excluding hydrogens is 497 g/mol. The zero-order valence-corrected chi connectivity index (χ0v) is 21.1. The average molecular weight is 519 g/mol. The Morgan fingerprint density at radius 2 is 1.24 bits per heavy atom. The number of halogens is 4. The third-order valence-electron chi connectivity index (χ3n) is 6.11. The summed E-state index contributed by atoms with van der Waals surface area (Å²) in [6.45, 7) is 5.86. The Morgan fingerprint density at radius 3 is 1.81 bits per heavy atom. The van der Waals surface area contributed by atoms with Crippen LogP contribution in [0.3, 0.4) is 0 Å². The van der Waals surface area contributed by atoms with Crippen LogP contribution in [0.4, 0.5) is 13.2 Å². The maximum absolute atomic E-state index is 14.0. The molecule has 37 heavy (non-hydrogen) atoms. The third-order valence-corrected chi connectivity index (χ3v) is 6.36. The van der Waals surface area contributed by atoms with E-state index < -0.39 is 11.9 Å². The van der Waals surface area contributed by atoms with Gasteiger partial charge in [0, 0.05) is 27.3 Å². The number of rotatable bonds is 4. The van der Waals surface area contributed by atoms with Gasteiger partial charge in [-0.25, -0.2) is 9.97 Å². The molecule has 186 valence electrons. The van der Waals surface area contributed by atoms with E-state index >= 15 is 0 Å². The second-order valence-corrected chi connectivity index (χ2v) is 9.35. The van der Waals surface area contributed by atoms with Crippen molar-refractivity contribution >= 4 is 11.6 Å². The molecule has 4 nitrogen and oxygen atoms in total. The molecule has 8 heteroatoms. The van der Waals surface area contributed by atoms with Crippen molar-refractivity contribution in [2.24, 2.45) is 0 Å². The molecular formula is C29H22ClF3N4. The van der Waals surface area contributed by atoms with Gasteiger partial charge < -0.3 is 0 Å². The van der Waals surface area contributed by atoms with Gasteiger partial charge in [0.2, 0.25) is 0 Å². The Bertz CT molecular complexity index is 1570. The van der Waals surface area contributed by atoms with Crippen LogP contribution < -0.4 is 0 Å². The number of hydrogen-bond acceptors (Lipinski definition) is 3. The standard InChI is InChI=1S/C29H22ClF3N4/c1-17-4-8-21(9-5-17)26-19(3)27(22-10-6-18(2)7-11-22)37(36-26)28-34-24(16-25(35-28)29(31,32)33)20-12-14-23(30)15-13-20/h4-16H,1-3H3. The van der Waals surface area contributed by atoms with Crippen LogP contribution in [0.5, 0.6) is 0 Å². The lowest BCUT2D eigenvalue weighted by molar-refractivity contribution is -0.141. The van der Waals surface area contributed by atoms with Gasteiger partial charge in [0.1, 0.15) is 0 Å². The summed E-state index contributed by atoms with van der Waals surface area (Å²) in [5, 5.41) is 5.23. The van der Waals surface area contributed by atoms with Gasteiger partial charge in [0.25, 0.3) is 5.95 Å². The predicted molar refractivity (Wildman–Crippen MR) is 140 cm³/mol. The normalized spacial score (nSPS) is 11.6. The maximum Gasteiger partial charge on any atom is 0.433 e. The fraction of sp³-hybridized carbons (Fsp3) is 0.138. The molecule has 0 saturated heterocycles. The number of benzene rings is 3. The molecule has 0 unspecified atom stereocenters. The number of hydrogen-bond donors (Lipinski definition) is 0. The van der Waals surface area contributed by atoms with Crippen molar-refractivity contribution in [3.63, 3.8) is 0 Å². The lowest BCUT2D eigenvalue weighted by Crippen LogP contribution is -2.14. The Labute approximate surface area is 217 Å². The van der Waals surface area contributed by atoms with Crippen molar-refractivity contribution < 1.29 is 13.2 Å². The monoisotopic (exact) mass is 518 g/mol. The summed E-state index contributed by atoms with van der Waals surface area (Å²) in [5.41, 5.74) is 5.42. The number of alkyl halides is 3. The lowest BCUT2D eigenvalue weighted by atomic mass is 10.0. The second kappa shape index (κ2) is 9.48. The summed E-state index contributed by atoms with van der Waals surface area (Å²) in [6, 6.07) is 23.0. The highest BCUT2D eigenvalue weighted by Gasteiger charge is 2.34. The first kappa shape index (κ1) is 24.7. The van der Waals surface area contributed by atoms with E-state index in [0.29, 0.717) is 22.0 Å². The van der Waals surface area contributed by atoms with Gasteiger partial charge in [-0.2, -0.15) is 23.0 Å². The molecule has 0 saturated carbocycles. The summed E-state index contributed by atoms with van der Waals surface area (Å²) in [5.74, 6) is -0.170. The Kier molecular flexibility index (Phi) is 6.33. The predicted octanol–water partition coefficient (Wildman–Crippen LogP) is 8.26. The average Bonchev–Trinajstić information content (AvgIpc) is 3.21. The summed E-state index contributed by atoms with van der Waals surface area (Å²) < 4.78 is 43.3. The molecule has 0 spiro atoms. The first-order chi connectivity index (χ1) is 17.6. The molecule has 0 atom stereocenters. The number of nitrogens with zero attached hydrogens (tertiary/aromatic N) is 4. The fourth-order valence-electron chi connectivity index (χ4n) is 4.12. The molecule has 3 aromatic carbocycles. The molecule has 0 radical (unpaired) electrons. The molecule has 0 amide bonds. The van der Waals surface area contributed by atoms with E-state index in [2.05, 4.69) is 9.97 Å². The van der Waals surface area contributed by atoms with Crippen molar-refractivity contribution in [2.75, 3.05) is 0 Å². The van der Waals surface area contributed by atoms with Gasteiger partial charge in [-0.05, 0) is 39.0 Å². The molecule has 0 aliphatic carbocycles. The summed E-state index contributed by atoms with van der Waals surface area (Å²) in [7, 11) is 0. The van der Waals surface area contributed by atoms with Crippen molar-refractivity contribution in [3.8, 4) is 39.7 Å². The van der Waals surface area contributed by atoms with Gasteiger partial charge >= 0.3 is 6.18 Å². The first-order valence-electron chi connectivity index (χ1n) is 11.6. The molecule has 5 rings (SSSR count). The summed E-state index contributed by atoms with van der Waals surface area (Å²) in [6.07, 6.45) is -4.68. The van der Waals surface area contributed by atoms with Crippen LogP contribution >= 0.6 is 11.6 Å². The van der Waals surface area contributed by atoms with E-state index in [-0.39, 0.29) is 11.6 Å². The molecule has 0 N–H and O–H groups in total. The van der Waals surface area contributed by atoms with E-state index in [1.807, 2.05) is 69.3 Å². The van der Waals surface area contributed by atoms with E-state index in [0.717, 1.165) is 33.9 Å². The SMILES string of the molecule is Cc1ccc(-c2nn(-c3nc(-c4ccc(Cl)cc4)cc(C(F)(F)F)n3)c(-c3ccc(C)cc3)c2C)cc1.